The van der Waals surface area contributed by atoms with E-state index in [-0.39, 0.29) is 12.2 Å². The van der Waals surface area contributed by atoms with Gasteiger partial charge in [-0.3, -0.25) is 9.48 Å². The fourth-order valence-electron chi connectivity index (χ4n) is 1.40. The predicted molar refractivity (Wildman–Crippen MR) is 68.2 cm³/mol. The van der Waals surface area contributed by atoms with Crippen LogP contribution >= 0.6 is 27.5 Å². The Morgan fingerprint density at radius 2 is 2.29 bits per heavy atom. The van der Waals surface area contributed by atoms with Crippen LogP contribution in [0.15, 0.2) is 29.0 Å². The van der Waals surface area contributed by atoms with E-state index in [2.05, 4.69) is 26.0 Å². The zero-order valence-corrected chi connectivity index (χ0v) is 11.4. The van der Waals surface area contributed by atoms with Crippen LogP contribution in [-0.2, 0) is 13.5 Å². The molecule has 6 heteroatoms. The van der Waals surface area contributed by atoms with Crippen molar-refractivity contribution in [3.63, 3.8) is 0 Å². The van der Waals surface area contributed by atoms with Crippen molar-refractivity contribution < 1.29 is 4.79 Å². The zero-order valence-electron chi connectivity index (χ0n) is 9.02. The highest BCUT2D eigenvalue weighted by Gasteiger charge is 2.11. The van der Waals surface area contributed by atoms with Gasteiger partial charge in [0.25, 0.3) is 0 Å². The summed E-state index contributed by atoms with van der Waals surface area (Å²) in [4.78, 5) is 16.0. The Hall–Kier alpha value is -1.20. The molecule has 4 nitrogen and oxygen atoms in total. The molecule has 0 spiro atoms. The lowest BCUT2D eigenvalue weighted by Crippen LogP contribution is -2.09. The monoisotopic (exact) mass is 313 g/mol. The van der Waals surface area contributed by atoms with Crippen LogP contribution in [0.3, 0.4) is 0 Å². The van der Waals surface area contributed by atoms with Gasteiger partial charge in [0.1, 0.15) is 12.2 Å². The number of Topliss-reactive ketones (excluding diaryl/α,β-unsaturated/α-hetero) is 1. The average molecular weight is 315 g/mol. The third-order valence-corrected chi connectivity index (χ3v) is 3.58. The lowest BCUT2D eigenvalue weighted by atomic mass is 10.1. The van der Waals surface area contributed by atoms with E-state index < -0.39 is 0 Å². The molecule has 0 atom stereocenters. The van der Waals surface area contributed by atoms with E-state index in [1.807, 2.05) is 0 Å². The topological polar surface area (TPSA) is 47.8 Å². The fourth-order valence-corrected chi connectivity index (χ4v) is 1.89. The number of carbonyl (C=O) groups is 1. The number of hydrogen-bond donors (Lipinski definition) is 0. The van der Waals surface area contributed by atoms with E-state index in [0.29, 0.717) is 20.9 Å². The number of carbonyl (C=O) groups excluding carboxylic acids is 1. The first-order valence-electron chi connectivity index (χ1n) is 4.89. The molecule has 0 unspecified atom stereocenters. The normalized spacial score (nSPS) is 10.5. The van der Waals surface area contributed by atoms with E-state index in [4.69, 9.17) is 11.6 Å². The van der Waals surface area contributed by atoms with E-state index >= 15 is 0 Å². The molecule has 0 fully saturated rings. The third-order valence-electron chi connectivity index (χ3n) is 2.37. The van der Waals surface area contributed by atoms with E-state index in [0.717, 1.165) is 0 Å². The Kier molecular flexibility index (Phi) is 3.59. The first-order chi connectivity index (χ1) is 8.08. The minimum Gasteiger partial charge on any atom is -0.294 e. The van der Waals surface area contributed by atoms with Crippen LogP contribution < -0.4 is 0 Å². The quantitative estimate of drug-likeness (QED) is 0.818. The van der Waals surface area contributed by atoms with Crippen LogP contribution in [-0.4, -0.2) is 20.5 Å². The molecular weight excluding hydrogens is 305 g/mol. The van der Waals surface area contributed by atoms with Gasteiger partial charge in [0, 0.05) is 17.1 Å². The number of nitrogens with zero attached hydrogens (tertiary/aromatic N) is 3. The van der Waals surface area contributed by atoms with Gasteiger partial charge < -0.3 is 0 Å². The molecule has 2 rings (SSSR count). The number of benzene rings is 1. The van der Waals surface area contributed by atoms with E-state index in [1.54, 1.807) is 29.9 Å². The average Bonchev–Trinajstić information content (AvgIpc) is 2.68. The SMILES string of the molecule is Cn1ncnc1CC(=O)c1ccc(Cl)c(Br)c1. The molecule has 0 saturated heterocycles. The van der Waals surface area contributed by atoms with Crippen molar-refractivity contribution in [1.29, 1.82) is 0 Å². The van der Waals surface area contributed by atoms with Gasteiger partial charge in [-0.25, -0.2) is 4.98 Å². The van der Waals surface area contributed by atoms with Gasteiger partial charge in [0.15, 0.2) is 5.78 Å². The van der Waals surface area contributed by atoms with Crippen LogP contribution in [0.5, 0.6) is 0 Å². The van der Waals surface area contributed by atoms with Crippen LogP contribution in [0, 0.1) is 0 Å². The number of halogens is 2. The summed E-state index contributed by atoms with van der Waals surface area (Å²) in [5.74, 6) is 0.625. The highest BCUT2D eigenvalue weighted by atomic mass is 79.9. The molecule has 2 aromatic rings. The van der Waals surface area contributed by atoms with Gasteiger partial charge in [-0.2, -0.15) is 5.10 Å². The summed E-state index contributed by atoms with van der Waals surface area (Å²) in [7, 11) is 1.76. The standard InChI is InChI=1S/C11H9BrClN3O/c1-16-11(14-6-15-16)5-10(17)7-2-3-9(13)8(12)4-7/h2-4,6H,5H2,1H3. The molecule has 0 radical (unpaired) electrons. The third kappa shape index (κ3) is 2.73. The summed E-state index contributed by atoms with van der Waals surface area (Å²) >= 11 is 9.16. The summed E-state index contributed by atoms with van der Waals surface area (Å²) in [5.41, 5.74) is 0.601. The fraction of sp³-hybridized carbons (Fsp3) is 0.182. The van der Waals surface area contributed by atoms with Crippen LogP contribution in [0.2, 0.25) is 5.02 Å². The molecule has 1 heterocycles. The van der Waals surface area contributed by atoms with Crippen LogP contribution in [0.4, 0.5) is 0 Å². The minimum absolute atomic E-state index is 0.0153. The Bertz CT molecular complexity index is 568. The number of rotatable bonds is 3. The minimum atomic E-state index is -0.0153. The molecule has 0 saturated carbocycles. The van der Waals surface area contributed by atoms with Crippen molar-refractivity contribution in [2.24, 2.45) is 7.05 Å². The largest absolute Gasteiger partial charge is 0.294 e. The van der Waals surface area contributed by atoms with Crippen molar-refractivity contribution in [3.8, 4) is 0 Å². The van der Waals surface area contributed by atoms with Gasteiger partial charge in [-0.1, -0.05) is 11.6 Å². The first-order valence-corrected chi connectivity index (χ1v) is 6.06. The summed E-state index contributed by atoms with van der Waals surface area (Å²) in [6.07, 6.45) is 1.66. The van der Waals surface area contributed by atoms with Crippen LogP contribution in [0.25, 0.3) is 0 Å². The lowest BCUT2D eigenvalue weighted by Gasteiger charge is -2.02. The number of aromatic nitrogens is 3. The molecule has 0 N–H and O–H groups in total. The summed E-state index contributed by atoms with van der Waals surface area (Å²) in [5, 5.41) is 4.50. The molecule has 0 aliphatic carbocycles. The van der Waals surface area contributed by atoms with Crippen molar-refractivity contribution in [3.05, 3.63) is 45.4 Å². The van der Waals surface area contributed by atoms with Crippen molar-refractivity contribution in [1.82, 2.24) is 14.8 Å². The summed E-state index contributed by atoms with van der Waals surface area (Å²) in [6.45, 7) is 0. The molecule has 17 heavy (non-hydrogen) atoms. The first kappa shape index (κ1) is 12.3. The Morgan fingerprint density at radius 3 is 2.88 bits per heavy atom. The maximum Gasteiger partial charge on any atom is 0.170 e. The smallest absolute Gasteiger partial charge is 0.170 e. The van der Waals surface area contributed by atoms with Crippen molar-refractivity contribution in [2.75, 3.05) is 0 Å². The van der Waals surface area contributed by atoms with Gasteiger partial charge in [0.05, 0.1) is 11.4 Å². The van der Waals surface area contributed by atoms with Crippen molar-refractivity contribution in [2.45, 2.75) is 6.42 Å². The zero-order chi connectivity index (χ0) is 12.4. The maximum atomic E-state index is 12.0. The lowest BCUT2D eigenvalue weighted by molar-refractivity contribution is 0.0989. The summed E-state index contributed by atoms with van der Waals surface area (Å²) in [6, 6.07) is 5.10. The molecular formula is C11H9BrClN3O. The number of ketones is 1. The van der Waals surface area contributed by atoms with Gasteiger partial charge in [0.2, 0.25) is 0 Å². The highest BCUT2D eigenvalue weighted by molar-refractivity contribution is 9.10. The van der Waals surface area contributed by atoms with E-state index in [1.165, 1.54) is 6.33 Å². The Labute approximate surface area is 112 Å². The maximum absolute atomic E-state index is 12.0. The van der Waals surface area contributed by atoms with Gasteiger partial charge in [-0.15, -0.1) is 0 Å². The second kappa shape index (κ2) is 4.98. The van der Waals surface area contributed by atoms with Crippen LogP contribution in [0.1, 0.15) is 16.2 Å². The molecule has 0 bridgehead atoms. The number of hydrogen-bond acceptors (Lipinski definition) is 3. The number of aryl methyl sites for hydroxylation is 1. The molecule has 1 aromatic carbocycles. The highest BCUT2D eigenvalue weighted by Crippen LogP contribution is 2.23. The summed E-state index contributed by atoms with van der Waals surface area (Å²) < 4.78 is 2.30. The van der Waals surface area contributed by atoms with Gasteiger partial charge in [-0.05, 0) is 34.1 Å². The van der Waals surface area contributed by atoms with Gasteiger partial charge >= 0.3 is 0 Å². The molecule has 1 aromatic heterocycles. The molecule has 0 amide bonds. The molecule has 0 aliphatic heterocycles. The Balaban J connectivity index is 2.20. The predicted octanol–water partition coefficient (Wildman–Crippen LogP) is 2.66. The second-order valence-electron chi connectivity index (χ2n) is 3.53. The molecule has 88 valence electrons. The second-order valence-corrected chi connectivity index (χ2v) is 4.79. The van der Waals surface area contributed by atoms with Crippen molar-refractivity contribution >= 4 is 33.3 Å². The molecule has 0 aliphatic rings. The van der Waals surface area contributed by atoms with E-state index in [9.17, 15) is 4.79 Å². The Morgan fingerprint density at radius 1 is 1.53 bits per heavy atom.